The molecule has 2 aromatic rings. The molecule has 1 aromatic carbocycles. The molecule has 0 radical (unpaired) electrons. The van der Waals surface area contributed by atoms with Gasteiger partial charge in [-0.3, -0.25) is 9.59 Å². The summed E-state index contributed by atoms with van der Waals surface area (Å²) in [7, 11) is 0. The number of fused-ring (bicyclic) bond motifs is 1. The van der Waals surface area contributed by atoms with Crippen molar-refractivity contribution in [1.82, 2.24) is 5.32 Å². The predicted octanol–water partition coefficient (Wildman–Crippen LogP) is 2.77. The SMILES string of the molecule is O=C(O)CC(NC(=O)c1cc2c(s1)CCOC2)c1ccccc1. The molecule has 6 heteroatoms. The van der Waals surface area contributed by atoms with Gasteiger partial charge in [-0.15, -0.1) is 11.3 Å². The number of carboxylic acid groups (broad SMARTS) is 1. The number of ether oxygens (including phenoxy) is 1. The van der Waals surface area contributed by atoms with Crippen molar-refractivity contribution in [2.75, 3.05) is 6.61 Å². The van der Waals surface area contributed by atoms with Crippen LogP contribution in [0, 0.1) is 0 Å². The van der Waals surface area contributed by atoms with Gasteiger partial charge in [-0.25, -0.2) is 0 Å². The highest BCUT2D eigenvalue weighted by molar-refractivity contribution is 7.14. The van der Waals surface area contributed by atoms with Crippen molar-refractivity contribution in [3.63, 3.8) is 0 Å². The van der Waals surface area contributed by atoms with Crippen LogP contribution in [0.2, 0.25) is 0 Å². The number of hydrogen-bond donors (Lipinski definition) is 2. The Morgan fingerprint density at radius 1 is 1.30 bits per heavy atom. The van der Waals surface area contributed by atoms with E-state index in [4.69, 9.17) is 9.84 Å². The number of hydrogen-bond acceptors (Lipinski definition) is 4. The van der Waals surface area contributed by atoms with Crippen molar-refractivity contribution in [3.8, 4) is 0 Å². The van der Waals surface area contributed by atoms with Gasteiger partial charge < -0.3 is 15.2 Å². The lowest BCUT2D eigenvalue weighted by Gasteiger charge is -2.16. The van der Waals surface area contributed by atoms with E-state index in [2.05, 4.69) is 5.32 Å². The molecule has 0 fully saturated rings. The molecule has 2 heterocycles. The molecule has 1 aliphatic heterocycles. The second-order valence-electron chi connectivity index (χ2n) is 5.40. The van der Waals surface area contributed by atoms with Gasteiger partial charge in [-0.1, -0.05) is 30.3 Å². The van der Waals surface area contributed by atoms with E-state index >= 15 is 0 Å². The minimum Gasteiger partial charge on any atom is -0.481 e. The molecule has 0 aliphatic carbocycles. The van der Waals surface area contributed by atoms with Crippen LogP contribution in [0.25, 0.3) is 0 Å². The van der Waals surface area contributed by atoms with Crippen LogP contribution in [0.15, 0.2) is 36.4 Å². The van der Waals surface area contributed by atoms with Gasteiger partial charge in [-0.05, 0) is 17.2 Å². The Morgan fingerprint density at radius 2 is 2.09 bits per heavy atom. The van der Waals surface area contributed by atoms with Crippen LogP contribution in [0.4, 0.5) is 0 Å². The maximum atomic E-state index is 12.5. The molecular formula is C17H17NO4S. The molecule has 1 unspecified atom stereocenters. The van der Waals surface area contributed by atoms with Crippen LogP contribution in [0.1, 0.15) is 38.1 Å². The zero-order valence-corrected chi connectivity index (χ0v) is 13.3. The third kappa shape index (κ3) is 3.78. The standard InChI is InChI=1S/C17H17NO4S/c19-16(20)9-13(11-4-2-1-3-5-11)18-17(21)15-8-12-10-22-7-6-14(12)23-15/h1-5,8,13H,6-7,9-10H2,(H,18,21)(H,19,20). The van der Waals surface area contributed by atoms with Gasteiger partial charge in [0.1, 0.15) is 0 Å². The highest BCUT2D eigenvalue weighted by atomic mass is 32.1. The van der Waals surface area contributed by atoms with Crippen LogP contribution in [-0.2, 0) is 22.6 Å². The van der Waals surface area contributed by atoms with Crippen molar-refractivity contribution in [1.29, 1.82) is 0 Å². The molecule has 0 bridgehead atoms. The van der Waals surface area contributed by atoms with Gasteiger partial charge in [0.25, 0.3) is 5.91 Å². The van der Waals surface area contributed by atoms with Gasteiger partial charge in [-0.2, -0.15) is 0 Å². The first-order valence-corrected chi connectivity index (χ1v) is 8.22. The summed E-state index contributed by atoms with van der Waals surface area (Å²) in [5.41, 5.74) is 1.84. The zero-order chi connectivity index (χ0) is 16.2. The first-order valence-electron chi connectivity index (χ1n) is 7.40. The number of rotatable bonds is 5. The molecule has 1 aromatic heterocycles. The third-order valence-electron chi connectivity index (χ3n) is 3.74. The number of carbonyl (C=O) groups excluding carboxylic acids is 1. The average molecular weight is 331 g/mol. The fraction of sp³-hybridized carbons (Fsp3) is 0.294. The quantitative estimate of drug-likeness (QED) is 0.883. The second-order valence-corrected chi connectivity index (χ2v) is 6.53. The molecule has 2 N–H and O–H groups in total. The number of nitrogens with one attached hydrogen (secondary N) is 1. The van der Waals surface area contributed by atoms with Gasteiger partial charge in [0.05, 0.1) is 30.6 Å². The minimum absolute atomic E-state index is 0.149. The first-order chi connectivity index (χ1) is 11.1. The molecular weight excluding hydrogens is 314 g/mol. The summed E-state index contributed by atoms with van der Waals surface area (Å²) in [6.07, 6.45) is 0.675. The normalized spacial score (nSPS) is 14.8. The van der Waals surface area contributed by atoms with Crippen molar-refractivity contribution in [2.45, 2.75) is 25.5 Å². The van der Waals surface area contributed by atoms with E-state index in [0.717, 1.165) is 17.5 Å². The number of carboxylic acids is 1. The summed E-state index contributed by atoms with van der Waals surface area (Å²) in [6.45, 7) is 1.22. The van der Waals surface area contributed by atoms with E-state index in [1.807, 2.05) is 36.4 Å². The summed E-state index contributed by atoms with van der Waals surface area (Å²) < 4.78 is 5.39. The average Bonchev–Trinajstić information content (AvgIpc) is 2.99. The van der Waals surface area contributed by atoms with Gasteiger partial charge in [0.2, 0.25) is 0 Å². The number of carbonyl (C=O) groups is 2. The number of aliphatic carboxylic acids is 1. The Kier molecular flexibility index (Phi) is 4.73. The van der Waals surface area contributed by atoms with E-state index in [1.165, 1.54) is 16.2 Å². The molecule has 0 saturated carbocycles. The van der Waals surface area contributed by atoms with Crippen LogP contribution in [0.5, 0.6) is 0 Å². The molecule has 3 rings (SSSR count). The van der Waals surface area contributed by atoms with Gasteiger partial charge in [0.15, 0.2) is 0 Å². The van der Waals surface area contributed by atoms with Crippen LogP contribution >= 0.6 is 11.3 Å². The molecule has 23 heavy (non-hydrogen) atoms. The van der Waals surface area contributed by atoms with Crippen LogP contribution in [0.3, 0.4) is 0 Å². The third-order valence-corrected chi connectivity index (χ3v) is 4.97. The van der Waals surface area contributed by atoms with E-state index in [0.29, 0.717) is 18.1 Å². The Labute approximate surface area is 137 Å². The highest BCUT2D eigenvalue weighted by Crippen LogP contribution is 2.27. The molecule has 120 valence electrons. The van der Waals surface area contributed by atoms with Gasteiger partial charge >= 0.3 is 5.97 Å². The minimum atomic E-state index is -0.946. The van der Waals surface area contributed by atoms with E-state index < -0.39 is 12.0 Å². The van der Waals surface area contributed by atoms with E-state index in [-0.39, 0.29) is 12.3 Å². The zero-order valence-electron chi connectivity index (χ0n) is 12.5. The molecule has 1 amide bonds. The maximum Gasteiger partial charge on any atom is 0.305 e. The van der Waals surface area contributed by atoms with Crippen LogP contribution < -0.4 is 5.32 Å². The van der Waals surface area contributed by atoms with Gasteiger partial charge in [0, 0.05) is 11.3 Å². The van der Waals surface area contributed by atoms with Crippen molar-refractivity contribution in [2.24, 2.45) is 0 Å². The molecule has 0 saturated heterocycles. The lowest BCUT2D eigenvalue weighted by molar-refractivity contribution is -0.137. The lowest BCUT2D eigenvalue weighted by atomic mass is 10.0. The predicted molar refractivity (Wildman–Crippen MR) is 86.6 cm³/mol. The van der Waals surface area contributed by atoms with E-state index in [9.17, 15) is 9.59 Å². The monoisotopic (exact) mass is 331 g/mol. The first kappa shape index (κ1) is 15.7. The van der Waals surface area contributed by atoms with Crippen molar-refractivity contribution < 1.29 is 19.4 Å². The second kappa shape index (κ2) is 6.93. The fourth-order valence-electron chi connectivity index (χ4n) is 2.60. The Bertz CT molecular complexity index is 687. The number of thiophene rings is 1. The van der Waals surface area contributed by atoms with Crippen molar-refractivity contribution in [3.05, 3.63) is 57.3 Å². The summed E-state index contributed by atoms with van der Waals surface area (Å²) in [5, 5.41) is 11.9. The lowest BCUT2D eigenvalue weighted by Crippen LogP contribution is -2.29. The summed E-state index contributed by atoms with van der Waals surface area (Å²) >= 11 is 1.46. The van der Waals surface area contributed by atoms with Crippen molar-refractivity contribution >= 4 is 23.2 Å². The van der Waals surface area contributed by atoms with E-state index in [1.54, 1.807) is 0 Å². The fourth-order valence-corrected chi connectivity index (χ4v) is 3.65. The molecule has 5 nitrogen and oxygen atoms in total. The Hall–Kier alpha value is -2.18. The molecule has 0 spiro atoms. The highest BCUT2D eigenvalue weighted by Gasteiger charge is 2.22. The summed E-state index contributed by atoms with van der Waals surface area (Å²) in [5.74, 6) is -1.18. The topological polar surface area (TPSA) is 75.6 Å². The maximum absolute atomic E-state index is 12.5. The Balaban J connectivity index is 1.77. The van der Waals surface area contributed by atoms with Crippen LogP contribution in [-0.4, -0.2) is 23.6 Å². The number of amides is 1. The Morgan fingerprint density at radius 3 is 2.78 bits per heavy atom. The molecule has 1 atom stereocenters. The smallest absolute Gasteiger partial charge is 0.305 e. The summed E-state index contributed by atoms with van der Waals surface area (Å²) in [4.78, 5) is 25.4. The largest absolute Gasteiger partial charge is 0.481 e. The summed E-state index contributed by atoms with van der Waals surface area (Å²) in [6, 6.07) is 10.5. The number of benzene rings is 1. The molecule has 1 aliphatic rings.